The zero-order valence-electron chi connectivity index (χ0n) is 8.73. The molecule has 0 aliphatic carbocycles. The predicted octanol–water partition coefficient (Wildman–Crippen LogP) is 3.92. The number of hydrogen-bond acceptors (Lipinski definition) is 4. The van der Waals surface area contributed by atoms with E-state index in [1.165, 1.54) is 0 Å². The average Bonchev–Trinajstić information content (AvgIpc) is 2.81. The lowest BCUT2D eigenvalue weighted by Gasteiger charge is -2.08. The Hall–Kier alpha value is -1.18. The van der Waals surface area contributed by atoms with E-state index in [0.717, 1.165) is 11.5 Å². The van der Waals surface area contributed by atoms with Gasteiger partial charge in [-0.05, 0) is 23.7 Å². The third-order valence-corrected chi connectivity index (χ3v) is 3.57. The molecule has 1 heterocycles. The van der Waals surface area contributed by atoms with E-state index in [4.69, 9.17) is 23.8 Å². The van der Waals surface area contributed by atoms with Crippen LogP contribution in [0.15, 0.2) is 24.3 Å². The van der Waals surface area contributed by atoms with Gasteiger partial charge in [0.05, 0.1) is 10.7 Å². The van der Waals surface area contributed by atoms with Gasteiger partial charge in [-0.3, -0.25) is 0 Å². The monoisotopic (exact) mass is 305 g/mol. The second-order valence-corrected chi connectivity index (χ2v) is 4.79. The number of thiocarbonyl (C=S) groups is 1. The van der Waals surface area contributed by atoms with Crippen LogP contribution >= 0.6 is 35.4 Å². The Morgan fingerprint density at radius 1 is 1.39 bits per heavy atom. The average molecular weight is 306 g/mol. The quantitative estimate of drug-likeness (QED) is 0.872. The Kier molecular flexibility index (Phi) is 4.15. The van der Waals surface area contributed by atoms with Crippen LogP contribution < -0.4 is 5.32 Å². The summed E-state index contributed by atoms with van der Waals surface area (Å²) in [4.78, 5) is 0.285. The normalized spacial score (nSPS) is 10.7. The Bertz CT molecular complexity index is 574. The van der Waals surface area contributed by atoms with Gasteiger partial charge in [0, 0.05) is 0 Å². The lowest BCUT2D eigenvalue weighted by Crippen LogP contribution is -2.11. The summed E-state index contributed by atoms with van der Waals surface area (Å²) >= 11 is 11.8. The van der Waals surface area contributed by atoms with Gasteiger partial charge in [-0.2, -0.15) is 0 Å². The van der Waals surface area contributed by atoms with Crippen LogP contribution in [0.25, 0.3) is 0 Å². The fraction of sp³-hybridized carbons (Fsp3) is 0.100. The number of anilines is 1. The minimum Gasteiger partial charge on any atom is -0.344 e. The lowest BCUT2D eigenvalue weighted by atomic mass is 10.3. The molecule has 0 atom stereocenters. The van der Waals surface area contributed by atoms with Gasteiger partial charge in [-0.1, -0.05) is 40.4 Å². The Balaban J connectivity index is 2.23. The fourth-order valence-electron chi connectivity index (χ4n) is 1.24. The number of nitrogens with one attached hydrogen (secondary N) is 1. The zero-order chi connectivity index (χ0) is 13.1. The molecule has 1 N–H and O–H groups in total. The number of halogens is 3. The first-order valence-corrected chi connectivity index (χ1v) is 6.32. The van der Waals surface area contributed by atoms with Crippen molar-refractivity contribution < 1.29 is 8.78 Å². The maximum atomic E-state index is 12.6. The molecule has 0 aliphatic heterocycles. The molecule has 1 aromatic carbocycles. The highest BCUT2D eigenvalue weighted by Gasteiger charge is 2.21. The summed E-state index contributed by atoms with van der Waals surface area (Å²) in [6.45, 7) is 0. The van der Waals surface area contributed by atoms with Crippen LogP contribution in [0.5, 0.6) is 0 Å². The van der Waals surface area contributed by atoms with Crippen molar-refractivity contribution in [2.75, 3.05) is 5.32 Å². The molecule has 0 radical (unpaired) electrons. The Morgan fingerprint density at radius 3 is 2.78 bits per heavy atom. The van der Waals surface area contributed by atoms with Crippen LogP contribution in [0.1, 0.15) is 17.0 Å². The van der Waals surface area contributed by atoms with E-state index in [9.17, 15) is 8.78 Å². The van der Waals surface area contributed by atoms with Crippen molar-refractivity contribution in [3.05, 3.63) is 39.9 Å². The molecule has 0 saturated heterocycles. The van der Waals surface area contributed by atoms with Crippen molar-refractivity contribution >= 4 is 46.0 Å². The smallest absolute Gasteiger partial charge is 0.283 e. The number of rotatable bonds is 3. The SMILES string of the molecule is FC(F)c1nnsc1C(=S)Nc1ccccc1Cl. The molecule has 0 bridgehead atoms. The van der Waals surface area contributed by atoms with Crippen molar-refractivity contribution in [3.63, 3.8) is 0 Å². The number of nitrogens with zero attached hydrogens (tertiary/aromatic N) is 2. The van der Waals surface area contributed by atoms with E-state index in [1.54, 1.807) is 24.3 Å². The molecule has 1 aromatic heterocycles. The fourth-order valence-corrected chi connectivity index (χ4v) is 2.32. The summed E-state index contributed by atoms with van der Waals surface area (Å²) in [7, 11) is 0. The maximum Gasteiger partial charge on any atom is 0.283 e. The molecule has 0 unspecified atom stereocenters. The van der Waals surface area contributed by atoms with Crippen LogP contribution in [0.4, 0.5) is 14.5 Å². The summed E-state index contributed by atoms with van der Waals surface area (Å²) < 4.78 is 28.7. The number of aromatic nitrogens is 2. The summed E-state index contributed by atoms with van der Waals surface area (Å²) in [5.41, 5.74) is 0.141. The molecule has 2 rings (SSSR count). The molecule has 0 amide bonds. The number of para-hydroxylation sites is 1. The Labute approximate surface area is 116 Å². The molecule has 2 aromatic rings. The van der Waals surface area contributed by atoms with E-state index in [0.29, 0.717) is 10.7 Å². The van der Waals surface area contributed by atoms with Crippen molar-refractivity contribution in [2.24, 2.45) is 0 Å². The summed E-state index contributed by atoms with van der Waals surface area (Å²) in [6.07, 6.45) is -2.70. The summed E-state index contributed by atoms with van der Waals surface area (Å²) in [6, 6.07) is 6.89. The highest BCUT2D eigenvalue weighted by Crippen LogP contribution is 2.26. The van der Waals surface area contributed by atoms with Crippen LogP contribution in [-0.2, 0) is 0 Å². The highest BCUT2D eigenvalue weighted by atomic mass is 35.5. The van der Waals surface area contributed by atoms with Gasteiger partial charge in [0.1, 0.15) is 9.87 Å². The first kappa shape index (κ1) is 13.3. The van der Waals surface area contributed by atoms with E-state index >= 15 is 0 Å². The van der Waals surface area contributed by atoms with Crippen LogP contribution in [-0.4, -0.2) is 14.6 Å². The number of hydrogen-bond donors (Lipinski definition) is 1. The van der Waals surface area contributed by atoms with E-state index in [2.05, 4.69) is 14.9 Å². The molecule has 8 heteroatoms. The second kappa shape index (κ2) is 5.64. The van der Waals surface area contributed by atoms with Gasteiger partial charge in [0.15, 0.2) is 5.69 Å². The first-order chi connectivity index (χ1) is 8.59. The molecule has 3 nitrogen and oxygen atoms in total. The standard InChI is InChI=1S/C10H6ClF2N3S2/c11-5-3-1-2-4-6(5)14-10(17)8-7(9(12)13)15-16-18-8/h1-4,9H,(H,14,17). The maximum absolute atomic E-state index is 12.6. The van der Waals surface area contributed by atoms with Gasteiger partial charge in [-0.25, -0.2) is 8.78 Å². The molecule has 0 aliphatic rings. The molecule has 0 spiro atoms. The predicted molar refractivity (Wildman–Crippen MR) is 71.6 cm³/mol. The van der Waals surface area contributed by atoms with E-state index in [-0.39, 0.29) is 9.87 Å². The number of alkyl halides is 2. The first-order valence-electron chi connectivity index (χ1n) is 4.76. The topological polar surface area (TPSA) is 37.8 Å². The molecule has 0 fully saturated rings. The second-order valence-electron chi connectivity index (χ2n) is 3.22. The Morgan fingerprint density at radius 2 is 2.11 bits per heavy atom. The van der Waals surface area contributed by atoms with Crippen molar-refractivity contribution in [1.29, 1.82) is 0 Å². The van der Waals surface area contributed by atoms with Gasteiger partial charge in [0.25, 0.3) is 6.43 Å². The summed E-state index contributed by atoms with van der Waals surface area (Å²) in [5.74, 6) is 0. The molecule has 18 heavy (non-hydrogen) atoms. The molecular formula is C10H6ClF2N3S2. The van der Waals surface area contributed by atoms with Gasteiger partial charge in [-0.15, -0.1) is 5.10 Å². The van der Waals surface area contributed by atoms with Crippen LogP contribution in [0.2, 0.25) is 5.02 Å². The summed E-state index contributed by atoms with van der Waals surface area (Å²) in [5, 5.41) is 6.62. The van der Waals surface area contributed by atoms with E-state index < -0.39 is 12.1 Å². The third-order valence-electron chi connectivity index (χ3n) is 2.05. The lowest BCUT2D eigenvalue weighted by molar-refractivity contribution is 0.146. The van der Waals surface area contributed by atoms with Crippen LogP contribution in [0.3, 0.4) is 0 Å². The van der Waals surface area contributed by atoms with Crippen molar-refractivity contribution in [1.82, 2.24) is 9.59 Å². The minimum absolute atomic E-state index is 0.133. The minimum atomic E-state index is -2.70. The largest absolute Gasteiger partial charge is 0.344 e. The van der Waals surface area contributed by atoms with Gasteiger partial charge in [0.2, 0.25) is 0 Å². The van der Waals surface area contributed by atoms with Gasteiger partial charge < -0.3 is 5.32 Å². The zero-order valence-corrected chi connectivity index (χ0v) is 11.1. The van der Waals surface area contributed by atoms with Crippen molar-refractivity contribution in [3.8, 4) is 0 Å². The van der Waals surface area contributed by atoms with E-state index in [1.807, 2.05) is 0 Å². The molecular weight excluding hydrogens is 300 g/mol. The van der Waals surface area contributed by atoms with Crippen LogP contribution in [0, 0.1) is 0 Å². The van der Waals surface area contributed by atoms with Gasteiger partial charge >= 0.3 is 0 Å². The highest BCUT2D eigenvalue weighted by molar-refractivity contribution is 7.81. The molecule has 94 valence electrons. The van der Waals surface area contributed by atoms with Crippen molar-refractivity contribution in [2.45, 2.75) is 6.43 Å². The third kappa shape index (κ3) is 2.80. The molecule has 0 saturated carbocycles. The number of benzene rings is 1.